The Morgan fingerprint density at radius 3 is 2.57 bits per heavy atom. The molecular weight excluding hydrogens is 424 g/mol. The third-order valence-corrected chi connectivity index (χ3v) is 6.66. The lowest BCUT2D eigenvalue weighted by molar-refractivity contribution is 0.399. The van der Waals surface area contributed by atoms with E-state index in [1.807, 2.05) is 26.8 Å². The van der Waals surface area contributed by atoms with Crippen molar-refractivity contribution < 1.29 is 17.9 Å². The molecule has 0 bridgehead atoms. The molecule has 0 fully saturated rings. The summed E-state index contributed by atoms with van der Waals surface area (Å²) in [6.45, 7) is 5.97. The number of methoxy groups -OCH3 is 2. The van der Waals surface area contributed by atoms with Crippen LogP contribution in [0.25, 0.3) is 10.4 Å². The van der Waals surface area contributed by atoms with E-state index in [0.717, 1.165) is 21.3 Å². The van der Waals surface area contributed by atoms with Crippen LogP contribution in [-0.4, -0.2) is 38.6 Å². The minimum Gasteiger partial charge on any atom is -0.495 e. The predicted octanol–water partition coefficient (Wildman–Crippen LogP) is 4.15. The maximum Gasteiger partial charge on any atom is 0.265 e. The molecule has 0 aliphatic heterocycles. The topological polar surface area (TPSA) is 102 Å². The average molecular weight is 449 g/mol. The smallest absolute Gasteiger partial charge is 0.265 e. The molecule has 8 nitrogen and oxygen atoms in total. The van der Waals surface area contributed by atoms with Gasteiger partial charge in [0, 0.05) is 12.2 Å². The Labute approximate surface area is 180 Å². The number of nitrogens with zero attached hydrogens (tertiary/aromatic N) is 2. The first-order valence-corrected chi connectivity index (χ1v) is 11.5. The molecule has 0 atom stereocenters. The summed E-state index contributed by atoms with van der Waals surface area (Å²) in [4.78, 5) is 9.46. The number of pyridine rings is 1. The highest BCUT2D eigenvalue weighted by molar-refractivity contribution is 7.92. The van der Waals surface area contributed by atoms with Gasteiger partial charge in [0.2, 0.25) is 5.88 Å². The predicted molar refractivity (Wildman–Crippen MR) is 119 cm³/mol. The van der Waals surface area contributed by atoms with Crippen LogP contribution < -0.4 is 19.5 Å². The third-order valence-electron chi connectivity index (χ3n) is 4.13. The first kappa shape index (κ1) is 21.8. The lowest BCUT2D eigenvalue weighted by atomic mass is 10.1. The summed E-state index contributed by atoms with van der Waals surface area (Å²) < 4.78 is 39.3. The summed E-state index contributed by atoms with van der Waals surface area (Å²) in [5, 5.41) is 4.07. The summed E-state index contributed by atoms with van der Waals surface area (Å²) in [7, 11) is -1.11. The zero-order chi connectivity index (χ0) is 21.9. The monoisotopic (exact) mass is 448 g/mol. The van der Waals surface area contributed by atoms with Crippen molar-refractivity contribution in [3.8, 4) is 22.1 Å². The Morgan fingerprint density at radius 1 is 1.13 bits per heavy atom. The van der Waals surface area contributed by atoms with Crippen molar-refractivity contribution in [3.05, 3.63) is 42.2 Å². The van der Waals surface area contributed by atoms with Gasteiger partial charge in [-0.2, -0.15) is 0 Å². The van der Waals surface area contributed by atoms with Crippen LogP contribution in [0.15, 0.2) is 41.4 Å². The van der Waals surface area contributed by atoms with Crippen LogP contribution in [0.2, 0.25) is 0 Å². The largest absolute Gasteiger partial charge is 0.495 e. The van der Waals surface area contributed by atoms with Crippen LogP contribution in [0.1, 0.15) is 19.5 Å². The van der Waals surface area contributed by atoms with Gasteiger partial charge in [0.25, 0.3) is 10.0 Å². The van der Waals surface area contributed by atoms with Gasteiger partial charge in [-0.05, 0) is 56.7 Å². The second-order valence-corrected chi connectivity index (χ2v) is 9.41. The Bertz CT molecular complexity index is 1140. The van der Waals surface area contributed by atoms with Crippen LogP contribution in [0, 0.1) is 6.92 Å². The van der Waals surface area contributed by atoms with Crippen molar-refractivity contribution in [2.45, 2.75) is 31.7 Å². The van der Waals surface area contributed by atoms with Gasteiger partial charge in [-0.15, -0.1) is 0 Å². The maximum atomic E-state index is 13.2. The van der Waals surface area contributed by atoms with Crippen molar-refractivity contribution in [2.75, 3.05) is 24.3 Å². The van der Waals surface area contributed by atoms with E-state index in [0.29, 0.717) is 0 Å². The summed E-state index contributed by atoms with van der Waals surface area (Å²) in [5.41, 5.74) is 1.80. The van der Waals surface area contributed by atoms with Gasteiger partial charge < -0.3 is 14.8 Å². The van der Waals surface area contributed by atoms with Crippen LogP contribution in [0.3, 0.4) is 0 Å². The summed E-state index contributed by atoms with van der Waals surface area (Å²) >= 11 is 1.48. The molecule has 0 saturated heterocycles. The van der Waals surface area contributed by atoms with Gasteiger partial charge in [0.05, 0.1) is 24.8 Å². The Kier molecular flexibility index (Phi) is 6.47. The molecule has 3 aromatic rings. The second-order valence-electron chi connectivity index (χ2n) is 6.76. The lowest BCUT2D eigenvalue weighted by Crippen LogP contribution is -2.15. The van der Waals surface area contributed by atoms with Crippen molar-refractivity contribution >= 4 is 32.2 Å². The highest BCUT2D eigenvalue weighted by Crippen LogP contribution is 2.37. The minimum atomic E-state index is -3.97. The fraction of sp³-hybridized carbons (Fsp3) is 0.300. The molecule has 10 heteroatoms. The number of benzene rings is 1. The molecule has 160 valence electrons. The fourth-order valence-corrected chi connectivity index (χ4v) is 5.19. The molecule has 3 rings (SSSR count). The van der Waals surface area contributed by atoms with E-state index in [1.165, 1.54) is 31.8 Å². The molecule has 2 heterocycles. The number of thiazole rings is 1. The van der Waals surface area contributed by atoms with E-state index in [9.17, 15) is 8.42 Å². The Balaban J connectivity index is 2.04. The van der Waals surface area contributed by atoms with Crippen LogP contribution >= 0.6 is 11.3 Å². The molecule has 0 amide bonds. The van der Waals surface area contributed by atoms with E-state index in [2.05, 4.69) is 20.0 Å². The highest BCUT2D eigenvalue weighted by Gasteiger charge is 2.23. The first-order valence-electron chi connectivity index (χ1n) is 9.19. The Morgan fingerprint density at radius 2 is 1.90 bits per heavy atom. The number of sulfonamides is 1. The number of rotatable bonds is 8. The summed E-state index contributed by atoms with van der Waals surface area (Å²) in [6.07, 6.45) is 1.52. The van der Waals surface area contributed by atoms with Crippen LogP contribution in [-0.2, 0) is 10.0 Å². The highest BCUT2D eigenvalue weighted by atomic mass is 32.2. The van der Waals surface area contributed by atoms with Crippen molar-refractivity contribution in [1.82, 2.24) is 9.97 Å². The average Bonchev–Trinajstić information content (AvgIpc) is 3.06. The first-order chi connectivity index (χ1) is 14.2. The molecule has 0 aliphatic rings. The lowest BCUT2D eigenvalue weighted by Gasteiger charge is -2.14. The molecule has 0 radical (unpaired) electrons. The number of ether oxygens (including phenoxy) is 2. The van der Waals surface area contributed by atoms with E-state index in [-0.39, 0.29) is 28.3 Å². The molecule has 0 spiro atoms. The van der Waals surface area contributed by atoms with Crippen molar-refractivity contribution in [1.29, 1.82) is 0 Å². The van der Waals surface area contributed by atoms with E-state index >= 15 is 0 Å². The minimum absolute atomic E-state index is 0.0135. The Hall–Kier alpha value is -2.85. The van der Waals surface area contributed by atoms with Crippen LogP contribution in [0.4, 0.5) is 10.8 Å². The zero-order valence-corrected chi connectivity index (χ0v) is 19.0. The molecule has 0 aliphatic carbocycles. The molecule has 1 aromatic carbocycles. The van der Waals surface area contributed by atoms with Gasteiger partial charge >= 0.3 is 0 Å². The number of anilines is 2. The van der Waals surface area contributed by atoms with Gasteiger partial charge in [-0.25, -0.2) is 18.4 Å². The van der Waals surface area contributed by atoms with E-state index in [4.69, 9.17) is 9.47 Å². The van der Waals surface area contributed by atoms with E-state index in [1.54, 1.807) is 24.3 Å². The number of aryl methyl sites for hydroxylation is 1. The van der Waals surface area contributed by atoms with E-state index < -0.39 is 10.0 Å². The summed E-state index contributed by atoms with van der Waals surface area (Å²) in [5.74, 6) is 0.413. The van der Waals surface area contributed by atoms with Crippen molar-refractivity contribution in [2.24, 2.45) is 0 Å². The van der Waals surface area contributed by atoms with Gasteiger partial charge in [-0.1, -0.05) is 11.3 Å². The molecule has 30 heavy (non-hydrogen) atoms. The standard InChI is InChI=1S/C20H24N4O4S2/c1-12(2)22-20-23-13(3)18(29-20)14-8-9-16(27-4)17(11-14)30(25,26)24-15-7-6-10-21-19(15)28-5/h6-12,24H,1-5H3,(H,22,23). The second kappa shape index (κ2) is 8.88. The normalized spacial score (nSPS) is 11.4. The summed E-state index contributed by atoms with van der Waals surface area (Å²) in [6, 6.07) is 8.49. The molecule has 0 unspecified atom stereocenters. The number of hydrogen-bond donors (Lipinski definition) is 2. The van der Waals surface area contributed by atoms with Crippen LogP contribution in [0.5, 0.6) is 11.6 Å². The number of hydrogen-bond acceptors (Lipinski definition) is 8. The maximum absolute atomic E-state index is 13.2. The van der Waals surface area contributed by atoms with Gasteiger partial charge in [0.15, 0.2) is 5.13 Å². The molecule has 2 N–H and O–H groups in total. The molecular formula is C20H24N4O4S2. The van der Waals surface area contributed by atoms with Gasteiger partial charge in [-0.3, -0.25) is 4.72 Å². The zero-order valence-electron chi connectivity index (χ0n) is 17.4. The quantitative estimate of drug-likeness (QED) is 0.534. The number of aromatic nitrogens is 2. The molecule has 2 aromatic heterocycles. The molecule has 0 saturated carbocycles. The SMILES string of the molecule is COc1ccc(-c2sc(NC(C)C)nc2C)cc1S(=O)(=O)Nc1cccnc1OC. The van der Waals surface area contributed by atoms with Gasteiger partial charge in [0.1, 0.15) is 16.3 Å². The van der Waals surface area contributed by atoms with Crippen molar-refractivity contribution in [3.63, 3.8) is 0 Å². The fourth-order valence-electron chi connectivity index (χ4n) is 2.83. The number of nitrogens with one attached hydrogen (secondary N) is 2. The third kappa shape index (κ3) is 4.65.